The molecule has 1 N–H and O–H groups in total. The van der Waals surface area contributed by atoms with Crippen LogP contribution in [0.15, 0.2) is 28.7 Å². The van der Waals surface area contributed by atoms with Crippen molar-refractivity contribution in [3.63, 3.8) is 0 Å². The molecule has 0 spiro atoms. The van der Waals surface area contributed by atoms with E-state index in [0.29, 0.717) is 5.92 Å². The smallest absolute Gasteiger partial charge is 0.328 e. The van der Waals surface area contributed by atoms with Crippen LogP contribution in [0.5, 0.6) is 0 Å². The highest BCUT2D eigenvalue weighted by Gasteiger charge is 2.25. The zero-order valence-corrected chi connectivity index (χ0v) is 13.4. The van der Waals surface area contributed by atoms with Gasteiger partial charge in [0.1, 0.15) is 0 Å². The molecule has 0 aliphatic carbocycles. The fourth-order valence-corrected chi connectivity index (χ4v) is 3.04. The molecule has 1 heterocycles. The average molecular weight is 338 g/mol. The van der Waals surface area contributed by atoms with E-state index in [0.717, 1.165) is 34.7 Å². The number of hydrogen-bond donors (Lipinski definition) is 1. The van der Waals surface area contributed by atoms with Crippen molar-refractivity contribution in [1.29, 1.82) is 0 Å². The molecule has 0 amide bonds. The molecule has 1 unspecified atom stereocenters. The van der Waals surface area contributed by atoms with Gasteiger partial charge < -0.3 is 10.0 Å². The molecule has 1 aromatic carbocycles. The summed E-state index contributed by atoms with van der Waals surface area (Å²) in [5.74, 6) is 0.487. The molecule has 0 saturated carbocycles. The Morgan fingerprint density at radius 3 is 2.85 bits per heavy atom. The highest BCUT2D eigenvalue weighted by molar-refractivity contribution is 9.10. The maximum absolute atomic E-state index is 10.7. The van der Waals surface area contributed by atoms with Gasteiger partial charge in [-0.05, 0) is 48.1 Å². The largest absolute Gasteiger partial charge is 0.478 e. The summed E-state index contributed by atoms with van der Waals surface area (Å²) in [5, 5.41) is 8.80. The van der Waals surface area contributed by atoms with Gasteiger partial charge in [-0.3, -0.25) is 0 Å². The number of halogens is 1. The van der Waals surface area contributed by atoms with Crippen LogP contribution in [0.3, 0.4) is 0 Å². The van der Waals surface area contributed by atoms with Crippen molar-refractivity contribution in [2.45, 2.75) is 20.3 Å². The lowest BCUT2D eigenvalue weighted by atomic mass is 9.95. The van der Waals surface area contributed by atoms with Crippen molar-refractivity contribution in [3.8, 4) is 0 Å². The topological polar surface area (TPSA) is 40.5 Å². The van der Waals surface area contributed by atoms with Crippen LogP contribution < -0.4 is 4.90 Å². The number of carboxylic acid groups (broad SMARTS) is 1. The van der Waals surface area contributed by atoms with Crippen molar-refractivity contribution < 1.29 is 9.90 Å². The first-order valence-corrected chi connectivity index (χ1v) is 7.72. The normalized spacial score (nSPS) is 19.2. The second-order valence-electron chi connectivity index (χ2n) is 5.61. The number of hydrogen-bond acceptors (Lipinski definition) is 2. The van der Waals surface area contributed by atoms with Crippen LogP contribution >= 0.6 is 15.9 Å². The Kier molecular flexibility index (Phi) is 4.86. The Hall–Kier alpha value is -1.29. The predicted octanol–water partition coefficient (Wildman–Crippen LogP) is 4.03. The van der Waals surface area contributed by atoms with Crippen LogP contribution in [-0.4, -0.2) is 24.2 Å². The van der Waals surface area contributed by atoms with Gasteiger partial charge in [-0.2, -0.15) is 0 Å². The first-order valence-electron chi connectivity index (χ1n) is 6.93. The van der Waals surface area contributed by atoms with Gasteiger partial charge in [0.25, 0.3) is 0 Å². The first kappa shape index (κ1) is 15.1. The van der Waals surface area contributed by atoms with Gasteiger partial charge in [-0.15, -0.1) is 0 Å². The fourth-order valence-electron chi connectivity index (χ4n) is 2.66. The molecule has 3 nitrogen and oxygen atoms in total. The number of carbonyl (C=O) groups is 1. The predicted molar refractivity (Wildman–Crippen MR) is 86.0 cm³/mol. The lowest BCUT2D eigenvalue weighted by molar-refractivity contribution is -0.131. The third-order valence-electron chi connectivity index (χ3n) is 3.90. The van der Waals surface area contributed by atoms with E-state index in [-0.39, 0.29) is 0 Å². The summed E-state index contributed by atoms with van der Waals surface area (Å²) in [6.45, 7) is 6.62. The highest BCUT2D eigenvalue weighted by atomic mass is 79.9. The first-order chi connectivity index (χ1) is 9.47. The van der Waals surface area contributed by atoms with Gasteiger partial charge in [0.15, 0.2) is 0 Å². The third-order valence-corrected chi connectivity index (χ3v) is 4.40. The number of rotatable bonds is 4. The van der Waals surface area contributed by atoms with Gasteiger partial charge in [-0.1, -0.05) is 29.8 Å². The molecule has 20 heavy (non-hydrogen) atoms. The lowest BCUT2D eigenvalue weighted by Crippen LogP contribution is -2.21. The summed E-state index contributed by atoms with van der Waals surface area (Å²) in [4.78, 5) is 13.1. The van der Waals surface area contributed by atoms with E-state index in [1.165, 1.54) is 12.5 Å². The Bertz CT molecular complexity index is 525. The van der Waals surface area contributed by atoms with E-state index in [1.807, 2.05) is 12.1 Å². The standard InChI is InChI=1S/C16H20BrNO2/c1-11(2)13-7-8-18(10-13)15-5-4-14(17)9-12(15)3-6-16(19)20/h3-6,9,11,13H,7-8,10H2,1-2H3,(H,19,20)/b6-3+. The molecule has 1 aromatic rings. The molecule has 1 atom stereocenters. The molecule has 0 bridgehead atoms. The van der Waals surface area contributed by atoms with Crippen LogP contribution in [0.4, 0.5) is 5.69 Å². The van der Waals surface area contributed by atoms with Gasteiger partial charge in [0.05, 0.1) is 0 Å². The molecule has 1 aliphatic rings. The van der Waals surface area contributed by atoms with Crippen molar-refractivity contribution in [1.82, 2.24) is 0 Å². The fraction of sp³-hybridized carbons (Fsp3) is 0.438. The van der Waals surface area contributed by atoms with E-state index in [9.17, 15) is 4.79 Å². The van der Waals surface area contributed by atoms with Crippen LogP contribution in [0, 0.1) is 11.8 Å². The molecule has 108 valence electrons. The second kappa shape index (κ2) is 6.44. The lowest BCUT2D eigenvalue weighted by Gasteiger charge is -2.22. The van der Waals surface area contributed by atoms with E-state index in [1.54, 1.807) is 6.08 Å². The van der Waals surface area contributed by atoms with Gasteiger partial charge >= 0.3 is 5.97 Å². The molecular weight excluding hydrogens is 318 g/mol. The van der Waals surface area contributed by atoms with Gasteiger partial charge in [-0.25, -0.2) is 4.79 Å². The SMILES string of the molecule is CC(C)C1CCN(c2ccc(Br)cc2/C=C/C(=O)O)C1. The summed E-state index contributed by atoms with van der Waals surface area (Å²) in [6.07, 6.45) is 4.07. The van der Waals surface area contributed by atoms with Crippen LogP contribution in [-0.2, 0) is 4.79 Å². The minimum atomic E-state index is -0.919. The maximum atomic E-state index is 10.7. The zero-order valence-electron chi connectivity index (χ0n) is 11.8. The summed E-state index contributed by atoms with van der Waals surface area (Å²) < 4.78 is 0.964. The van der Waals surface area contributed by atoms with E-state index < -0.39 is 5.97 Å². The van der Waals surface area contributed by atoms with Crippen molar-refractivity contribution >= 4 is 33.7 Å². The number of nitrogens with zero attached hydrogens (tertiary/aromatic N) is 1. The monoisotopic (exact) mass is 337 g/mol. The minimum absolute atomic E-state index is 0.688. The quantitative estimate of drug-likeness (QED) is 0.843. The highest BCUT2D eigenvalue weighted by Crippen LogP contribution is 2.32. The molecule has 2 rings (SSSR count). The Morgan fingerprint density at radius 2 is 2.25 bits per heavy atom. The van der Waals surface area contributed by atoms with E-state index >= 15 is 0 Å². The molecule has 1 fully saturated rings. The van der Waals surface area contributed by atoms with Gasteiger partial charge in [0, 0.05) is 29.3 Å². The van der Waals surface area contributed by atoms with Crippen molar-refractivity contribution in [2.24, 2.45) is 11.8 Å². The summed E-state index contributed by atoms with van der Waals surface area (Å²) in [7, 11) is 0. The van der Waals surface area contributed by atoms with E-state index in [4.69, 9.17) is 5.11 Å². The minimum Gasteiger partial charge on any atom is -0.478 e. The number of aliphatic carboxylic acids is 1. The van der Waals surface area contributed by atoms with Crippen LogP contribution in [0.2, 0.25) is 0 Å². The third kappa shape index (κ3) is 3.63. The molecule has 0 aromatic heterocycles. The summed E-state index contributed by atoms with van der Waals surface area (Å²) in [6, 6.07) is 6.04. The average Bonchev–Trinajstić information content (AvgIpc) is 2.86. The Morgan fingerprint density at radius 1 is 1.50 bits per heavy atom. The Labute approximate surface area is 128 Å². The van der Waals surface area contributed by atoms with Gasteiger partial charge in [0.2, 0.25) is 0 Å². The number of carboxylic acids is 1. The van der Waals surface area contributed by atoms with Crippen molar-refractivity contribution in [3.05, 3.63) is 34.3 Å². The summed E-state index contributed by atoms with van der Waals surface area (Å²) >= 11 is 3.45. The van der Waals surface area contributed by atoms with E-state index in [2.05, 4.69) is 40.7 Å². The van der Waals surface area contributed by atoms with Crippen molar-refractivity contribution in [2.75, 3.05) is 18.0 Å². The molecule has 0 radical (unpaired) electrons. The second-order valence-corrected chi connectivity index (χ2v) is 6.53. The zero-order chi connectivity index (χ0) is 14.7. The maximum Gasteiger partial charge on any atom is 0.328 e. The molecule has 1 aliphatic heterocycles. The molecule has 4 heteroatoms. The van der Waals surface area contributed by atoms with Crippen LogP contribution in [0.1, 0.15) is 25.8 Å². The number of benzene rings is 1. The Balaban J connectivity index is 2.25. The molecular formula is C16H20BrNO2. The number of anilines is 1. The molecule has 1 saturated heterocycles. The van der Waals surface area contributed by atoms with Crippen LogP contribution in [0.25, 0.3) is 6.08 Å². The summed E-state index contributed by atoms with van der Waals surface area (Å²) in [5.41, 5.74) is 2.07.